The fourth-order valence-electron chi connectivity index (χ4n) is 12.3. The third-order valence-corrected chi connectivity index (χ3v) is 17.8. The molecule has 9 rings (SSSR count). The Balaban J connectivity index is 0.647. The van der Waals surface area contributed by atoms with Crippen LogP contribution in [0.1, 0.15) is 186 Å². The lowest BCUT2D eigenvalue weighted by Crippen LogP contribution is -2.52. The lowest BCUT2D eigenvalue weighted by atomic mass is 9.52. The van der Waals surface area contributed by atoms with Gasteiger partial charge in [-0.3, -0.25) is 9.59 Å². The summed E-state index contributed by atoms with van der Waals surface area (Å²) in [7, 11) is 0. The van der Waals surface area contributed by atoms with E-state index in [2.05, 4.69) is 13.8 Å². The smallest absolute Gasteiger partial charge is 0.343 e. The van der Waals surface area contributed by atoms with Crippen LogP contribution in [-0.2, 0) is 19.1 Å². The minimum absolute atomic E-state index is 0.243. The highest BCUT2D eigenvalue weighted by molar-refractivity contribution is 5.92. The van der Waals surface area contributed by atoms with Gasteiger partial charge in [-0.05, 0) is 195 Å². The van der Waals surface area contributed by atoms with Crippen molar-refractivity contribution in [2.24, 2.45) is 11.8 Å². The summed E-state index contributed by atoms with van der Waals surface area (Å²) in [5.41, 5.74) is 6.86. The van der Waals surface area contributed by atoms with Crippen LogP contribution >= 0.6 is 0 Å². The summed E-state index contributed by atoms with van der Waals surface area (Å²) in [6.07, 6.45) is 21.1. The summed E-state index contributed by atoms with van der Waals surface area (Å²) in [6, 6.07) is 64.9. The molecule has 1 saturated carbocycles. The van der Waals surface area contributed by atoms with Crippen molar-refractivity contribution in [3.05, 3.63) is 229 Å². The molecule has 0 spiro atoms. The molecule has 0 aliphatic heterocycles. The predicted molar refractivity (Wildman–Crippen MR) is 379 cm³/mol. The van der Waals surface area contributed by atoms with E-state index < -0.39 is 23.8 Å². The van der Waals surface area contributed by atoms with E-state index in [0.29, 0.717) is 61.9 Å². The van der Waals surface area contributed by atoms with Crippen LogP contribution in [0.3, 0.4) is 0 Å². The molecule has 8 aromatic rings. The first-order valence-corrected chi connectivity index (χ1v) is 35.2. The van der Waals surface area contributed by atoms with Gasteiger partial charge in [0.25, 0.3) is 0 Å². The quantitative estimate of drug-likeness (QED) is 0.0204. The van der Waals surface area contributed by atoms with Crippen LogP contribution in [-0.4, -0.2) is 63.5 Å². The van der Waals surface area contributed by atoms with Gasteiger partial charge in [0, 0.05) is 11.8 Å². The molecule has 1 fully saturated rings. The highest BCUT2D eigenvalue weighted by Crippen LogP contribution is 2.58. The van der Waals surface area contributed by atoms with Gasteiger partial charge in [0.2, 0.25) is 0 Å². The summed E-state index contributed by atoms with van der Waals surface area (Å²) < 4.78 is 47.2. The van der Waals surface area contributed by atoms with Crippen LogP contribution in [0.4, 0.5) is 0 Å². The summed E-state index contributed by atoms with van der Waals surface area (Å²) in [6.45, 7) is 7.44. The van der Waals surface area contributed by atoms with Crippen molar-refractivity contribution in [1.82, 2.24) is 0 Å². The number of benzene rings is 8. The third-order valence-electron chi connectivity index (χ3n) is 17.8. The number of ether oxygens (including phenoxy) is 8. The Hall–Kier alpha value is -9.16. The van der Waals surface area contributed by atoms with Gasteiger partial charge in [-0.25, -0.2) is 9.59 Å². The lowest BCUT2D eigenvalue weighted by molar-refractivity contribution is -0.172. The maximum absolute atomic E-state index is 14.2. The summed E-state index contributed by atoms with van der Waals surface area (Å²) >= 11 is 0. The van der Waals surface area contributed by atoms with Crippen LogP contribution in [0.5, 0.6) is 34.5 Å². The van der Waals surface area contributed by atoms with Crippen molar-refractivity contribution in [2.45, 2.75) is 154 Å². The molecule has 0 amide bonds. The monoisotopic (exact) mass is 1300 g/mol. The molecule has 0 heterocycles. The van der Waals surface area contributed by atoms with E-state index in [1.807, 2.05) is 158 Å². The minimum Gasteiger partial charge on any atom is -0.494 e. The van der Waals surface area contributed by atoms with Gasteiger partial charge in [-0.2, -0.15) is 0 Å². The van der Waals surface area contributed by atoms with Crippen LogP contribution in [0.2, 0.25) is 0 Å². The van der Waals surface area contributed by atoms with Crippen molar-refractivity contribution in [3.8, 4) is 56.8 Å². The van der Waals surface area contributed by atoms with Crippen molar-refractivity contribution >= 4 is 23.9 Å². The average Bonchev–Trinajstić information content (AvgIpc) is 0.728. The van der Waals surface area contributed by atoms with E-state index >= 15 is 0 Å². The molecule has 0 bridgehead atoms. The maximum Gasteiger partial charge on any atom is 0.343 e. The summed E-state index contributed by atoms with van der Waals surface area (Å²) in [5, 5.41) is 0. The molecule has 0 aromatic heterocycles. The fourth-order valence-corrected chi connectivity index (χ4v) is 12.3. The molecule has 1 aliphatic rings. The number of carbonyl (C=O) groups excluding carboxylic acids is 4. The standard InChI is InChI=1S/C84H96O12/c1-3-5-7-9-11-23-57-91-73-49-53-75(54-50-73)95-81(85)69-37-33-63(34-38-69)65-41-45-71(46-42-65)89-59-25-13-15-27-61-93-83(87)79-77(67-29-19-17-20-30-67)78(68-31-21-18-22-32-68)80(79)84(88)94-62-28-16-14-26-60-90-72-47-43-66(44-48-72)64-35-39-70(40-36-64)82(86)96-76-55-51-74(52-56-76)92-58-24-12-10-8-6-4-2/h17-22,29-56,77-80H,3-16,23-28,57-62H2,1-2H3/t77-,78-,79+,80+/m0/s1. The van der Waals surface area contributed by atoms with Crippen LogP contribution < -0.4 is 28.4 Å². The molecule has 4 atom stereocenters. The molecule has 8 aromatic carbocycles. The van der Waals surface area contributed by atoms with Crippen LogP contribution in [0, 0.1) is 11.8 Å². The van der Waals surface area contributed by atoms with E-state index in [1.54, 1.807) is 48.5 Å². The van der Waals surface area contributed by atoms with Gasteiger partial charge in [-0.1, -0.05) is 187 Å². The number of hydrogen-bond donors (Lipinski definition) is 0. The molecule has 0 N–H and O–H groups in total. The molecule has 0 unspecified atom stereocenters. The average molecular weight is 1300 g/mol. The van der Waals surface area contributed by atoms with E-state index in [-0.39, 0.29) is 37.0 Å². The summed E-state index contributed by atoms with van der Waals surface area (Å²) in [5.74, 6) is 0.592. The Labute approximate surface area is 569 Å². The van der Waals surface area contributed by atoms with Gasteiger partial charge in [0.15, 0.2) is 0 Å². The van der Waals surface area contributed by atoms with E-state index in [1.165, 1.54) is 64.2 Å². The van der Waals surface area contributed by atoms with E-state index in [9.17, 15) is 19.2 Å². The number of hydrogen-bond acceptors (Lipinski definition) is 12. The van der Waals surface area contributed by atoms with Crippen LogP contribution in [0.25, 0.3) is 22.3 Å². The van der Waals surface area contributed by atoms with Gasteiger partial charge in [0.05, 0.1) is 62.6 Å². The molecule has 12 heteroatoms. The van der Waals surface area contributed by atoms with Crippen molar-refractivity contribution < 1.29 is 57.1 Å². The zero-order chi connectivity index (χ0) is 66.8. The Morgan fingerprint density at radius 2 is 0.521 bits per heavy atom. The molecule has 96 heavy (non-hydrogen) atoms. The SMILES string of the molecule is CCCCCCCCOc1ccc(OC(=O)c2ccc(-c3ccc(OCCCCCCOC(=O)[C@H]4[C@H](C(=O)OCCCCCCOc5ccc(-c6ccc(C(=O)Oc7ccc(OCCCCCCCC)cc7)cc6)cc5)[C@@H](c5ccccc5)[C@@H]4c4ccccc4)cc3)cc2)cc1. The molecule has 12 nitrogen and oxygen atoms in total. The van der Waals surface area contributed by atoms with E-state index in [0.717, 1.165) is 108 Å². The second kappa shape index (κ2) is 39.6. The number of unbranched alkanes of at least 4 members (excludes halogenated alkanes) is 16. The first-order valence-electron chi connectivity index (χ1n) is 35.2. The molecular formula is C84H96O12. The predicted octanol–water partition coefficient (Wildman–Crippen LogP) is 20.4. The van der Waals surface area contributed by atoms with Gasteiger partial charge in [-0.15, -0.1) is 0 Å². The third kappa shape index (κ3) is 22.5. The number of esters is 4. The summed E-state index contributed by atoms with van der Waals surface area (Å²) in [4.78, 5) is 54.2. The second-order valence-corrected chi connectivity index (χ2v) is 24.9. The Bertz CT molecular complexity index is 3300. The molecule has 0 radical (unpaired) electrons. The zero-order valence-electron chi connectivity index (χ0n) is 56.2. The number of carbonyl (C=O) groups is 4. The molecule has 504 valence electrons. The molecule has 1 aliphatic carbocycles. The fraction of sp³-hybridized carbons (Fsp3) is 0.381. The lowest BCUT2D eigenvalue weighted by Gasteiger charge is -2.49. The first kappa shape index (κ1) is 71.1. The van der Waals surface area contributed by atoms with Gasteiger partial charge >= 0.3 is 23.9 Å². The maximum atomic E-state index is 14.2. The van der Waals surface area contributed by atoms with Gasteiger partial charge in [0.1, 0.15) is 34.5 Å². The second-order valence-electron chi connectivity index (χ2n) is 24.9. The van der Waals surface area contributed by atoms with E-state index in [4.69, 9.17) is 37.9 Å². The Kier molecular flexibility index (Phi) is 29.4. The Morgan fingerprint density at radius 1 is 0.271 bits per heavy atom. The Morgan fingerprint density at radius 3 is 0.823 bits per heavy atom. The minimum atomic E-state index is -0.680. The number of rotatable bonds is 42. The molecular weight excluding hydrogens is 1200 g/mol. The zero-order valence-corrected chi connectivity index (χ0v) is 56.2. The topological polar surface area (TPSA) is 142 Å². The van der Waals surface area contributed by atoms with Crippen molar-refractivity contribution in [2.75, 3.05) is 39.6 Å². The highest BCUT2D eigenvalue weighted by atomic mass is 16.6. The van der Waals surface area contributed by atoms with Crippen LogP contribution in [0.15, 0.2) is 206 Å². The first-order chi connectivity index (χ1) is 47.2. The van der Waals surface area contributed by atoms with Crippen molar-refractivity contribution in [1.29, 1.82) is 0 Å². The normalized spacial score (nSPS) is 14.8. The van der Waals surface area contributed by atoms with Gasteiger partial charge < -0.3 is 37.9 Å². The molecule has 0 saturated heterocycles. The largest absolute Gasteiger partial charge is 0.494 e. The highest BCUT2D eigenvalue weighted by Gasteiger charge is 2.59. The van der Waals surface area contributed by atoms with Crippen molar-refractivity contribution in [3.63, 3.8) is 0 Å².